The van der Waals surface area contributed by atoms with Crippen LogP contribution in [0.4, 0.5) is 8.78 Å². The Morgan fingerprint density at radius 1 is 0.923 bits per heavy atom. The molecule has 2 aromatic carbocycles. The molecule has 0 spiro atoms. The van der Waals surface area contributed by atoms with Crippen LogP contribution in [0.15, 0.2) is 72.8 Å². The Kier molecular flexibility index (Phi) is 5.31. The molecule has 1 aliphatic carbocycles. The van der Waals surface area contributed by atoms with Crippen molar-refractivity contribution in [3.05, 3.63) is 95.6 Å². The van der Waals surface area contributed by atoms with Gasteiger partial charge in [0.15, 0.2) is 0 Å². The zero-order chi connectivity index (χ0) is 18.6. The van der Waals surface area contributed by atoms with E-state index >= 15 is 0 Å². The molecule has 0 saturated heterocycles. The Morgan fingerprint density at radius 2 is 1.38 bits per heavy atom. The minimum Gasteiger partial charge on any atom is -0.469 e. The van der Waals surface area contributed by atoms with E-state index in [4.69, 9.17) is 4.74 Å². The van der Waals surface area contributed by atoms with Crippen molar-refractivity contribution < 1.29 is 18.3 Å². The number of hydrogen-bond donors (Lipinski definition) is 0. The zero-order valence-electron chi connectivity index (χ0n) is 14.5. The van der Waals surface area contributed by atoms with Gasteiger partial charge in [-0.3, -0.25) is 4.79 Å². The average molecular weight is 354 g/mol. The van der Waals surface area contributed by atoms with Gasteiger partial charge in [0.05, 0.1) is 7.11 Å². The van der Waals surface area contributed by atoms with Gasteiger partial charge >= 0.3 is 5.97 Å². The zero-order valence-corrected chi connectivity index (χ0v) is 14.5. The van der Waals surface area contributed by atoms with Crippen LogP contribution >= 0.6 is 0 Å². The molecule has 0 N–H and O–H groups in total. The normalized spacial score (nSPS) is 14.0. The van der Waals surface area contributed by atoms with Crippen LogP contribution in [-0.4, -0.2) is 13.1 Å². The fourth-order valence-electron chi connectivity index (χ4n) is 3.66. The quantitative estimate of drug-likeness (QED) is 0.687. The monoisotopic (exact) mass is 354 g/mol. The number of hydrogen-bond acceptors (Lipinski definition) is 2. The first kappa shape index (κ1) is 18.1. The summed E-state index contributed by atoms with van der Waals surface area (Å²) in [6.45, 7) is 0. The molecular formula is C22H20F2O2. The van der Waals surface area contributed by atoms with Crippen LogP contribution in [0.2, 0.25) is 0 Å². The number of methoxy groups -OCH3 is 1. The van der Waals surface area contributed by atoms with E-state index in [9.17, 15) is 13.6 Å². The molecular weight excluding hydrogens is 334 g/mol. The van der Waals surface area contributed by atoms with E-state index in [1.807, 2.05) is 24.3 Å². The van der Waals surface area contributed by atoms with Crippen molar-refractivity contribution in [1.29, 1.82) is 0 Å². The second kappa shape index (κ2) is 7.65. The molecule has 0 unspecified atom stereocenters. The molecule has 134 valence electrons. The van der Waals surface area contributed by atoms with Gasteiger partial charge in [0.1, 0.15) is 11.6 Å². The summed E-state index contributed by atoms with van der Waals surface area (Å²) in [4.78, 5) is 11.9. The third kappa shape index (κ3) is 3.45. The molecule has 4 heteroatoms. The Bertz CT molecular complexity index is 763. The van der Waals surface area contributed by atoms with Crippen molar-refractivity contribution >= 4 is 5.97 Å². The van der Waals surface area contributed by atoms with Crippen LogP contribution in [0.1, 0.15) is 24.0 Å². The molecule has 2 nitrogen and oxygen atoms in total. The molecule has 0 aliphatic heterocycles. The highest BCUT2D eigenvalue weighted by Gasteiger charge is 2.40. The summed E-state index contributed by atoms with van der Waals surface area (Å²) in [7, 11) is 1.36. The number of halogens is 2. The molecule has 1 aliphatic rings. The summed E-state index contributed by atoms with van der Waals surface area (Å²) < 4.78 is 31.9. The van der Waals surface area contributed by atoms with Crippen molar-refractivity contribution in [1.82, 2.24) is 0 Å². The van der Waals surface area contributed by atoms with E-state index < -0.39 is 5.41 Å². The second-order valence-corrected chi connectivity index (χ2v) is 6.36. The summed E-state index contributed by atoms with van der Waals surface area (Å²) in [6, 6.07) is 12.6. The van der Waals surface area contributed by atoms with Crippen molar-refractivity contribution in [3.8, 4) is 0 Å². The highest BCUT2D eigenvalue weighted by atomic mass is 19.1. The van der Waals surface area contributed by atoms with E-state index in [0.29, 0.717) is 6.42 Å². The smallest absolute Gasteiger partial charge is 0.305 e. The largest absolute Gasteiger partial charge is 0.469 e. The predicted octanol–water partition coefficient (Wildman–Crippen LogP) is 4.95. The van der Waals surface area contributed by atoms with Gasteiger partial charge in [-0.2, -0.15) is 0 Å². The molecule has 3 rings (SSSR count). The second-order valence-electron chi connectivity index (χ2n) is 6.36. The Hall–Kier alpha value is -2.75. The lowest BCUT2D eigenvalue weighted by Gasteiger charge is -2.39. The standard InChI is InChI=1S/C22H20F2O2/c1-26-21(25)14-15-22(16-4-2-3-5-16,17-6-10-19(23)11-7-17)18-8-12-20(24)13-9-18/h2-13,16H,14-15H2,1H3. The first-order valence-corrected chi connectivity index (χ1v) is 8.50. The van der Waals surface area contributed by atoms with Crippen molar-refractivity contribution in [2.24, 2.45) is 5.92 Å². The molecule has 2 aromatic rings. The summed E-state index contributed by atoms with van der Waals surface area (Å²) >= 11 is 0. The summed E-state index contributed by atoms with van der Waals surface area (Å²) in [6.07, 6.45) is 8.64. The molecule has 0 bridgehead atoms. The van der Waals surface area contributed by atoms with Crippen LogP contribution in [0.3, 0.4) is 0 Å². The predicted molar refractivity (Wildman–Crippen MR) is 96.6 cm³/mol. The van der Waals surface area contributed by atoms with E-state index in [-0.39, 0.29) is 29.9 Å². The maximum absolute atomic E-state index is 13.5. The van der Waals surface area contributed by atoms with Crippen molar-refractivity contribution in [3.63, 3.8) is 0 Å². The molecule has 0 radical (unpaired) electrons. The molecule has 26 heavy (non-hydrogen) atoms. The summed E-state index contributed by atoms with van der Waals surface area (Å²) in [5, 5.41) is 0. The van der Waals surface area contributed by atoms with Gasteiger partial charge < -0.3 is 4.74 Å². The number of benzene rings is 2. The number of carbonyl (C=O) groups is 1. The molecule has 0 amide bonds. The fraction of sp³-hybridized carbons (Fsp3) is 0.227. The van der Waals surface area contributed by atoms with Gasteiger partial charge in [-0.25, -0.2) is 8.78 Å². The van der Waals surface area contributed by atoms with Gasteiger partial charge in [-0.1, -0.05) is 48.6 Å². The molecule has 0 aromatic heterocycles. The molecule has 0 atom stereocenters. The first-order chi connectivity index (χ1) is 12.6. The van der Waals surface area contributed by atoms with Crippen LogP contribution in [0.5, 0.6) is 0 Å². The minimum atomic E-state index is -0.626. The fourth-order valence-corrected chi connectivity index (χ4v) is 3.66. The number of rotatable bonds is 6. The topological polar surface area (TPSA) is 26.3 Å². The van der Waals surface area contributed by atoms with Gasteiger partial charge in [0, 0.05) is 17.8 Å². The van der Waals surface area contributed by atoms with Crippen LogP contribution in [0, 0.1) is 17.6 Å². The van der Waals surface area contributed by atoms with Gasteiger partial charge in [-0.15, -0.1) is 0 Å². The maximum atomic E-state index is 13.5. The Balaban J connectivity index is 2.17. The average Bonchev–Trinajstić information content (AvgIpc) is 3.19. The van der Waals surface area contributed by atoms with Crippen LogP contribution in [0.25, 0.3) is 0 Å². The number of esters is 1. The SMILES string of the molecule is COC(=O)CCC(c1ccc(F)cc1)(c1ccc(F)cc1)C1C=CC=C1. The maximum Gasteiger partial charge on any atom is 0.305 e. The molecule has 0 saturated carbocycles. The van der Waals surface area contributed by atoms with Gasteiger partial charge in [0.2, 0.25) is 0 Å². The number of carbonyl (C=O) groups excluding carboxylic acids is 1. The summed E-state index contributed by atoms with van der Waals surface area (Å²) in [5.41, 5.74) is 1.12. The van der Waals surface area contributed by atoms with Gasteiger partial charge in [0.25, 0.3) is 0 Å². The minimum absolute atomic E-state index is 0.0388. The lowest BCUT2D eigenvalue weighted by molar-refractivity contribution is -0.141. The van der Waals surface area contributed by atoms with E-state index in [1.165, 1.54) is 31.4 Å². The summed E-state index contributed by atoms with van der Waals surface area (Å²) in [5.74, 6) is -1.01. The Morgan fingerprint density at radius 3 is 1.81 bits per heavy atom. The highest BCUT2D eigenvalue weighted by molar-refractivity contribution is 5.69. The molecule has 0 fully saturated rings. The lowest BCUT2D eigenvalue weighted by atomic mass is 9.63. The van der Waals surface area contributed by atoms with E-state index in [0.717, 1.165) is 11.1 Å². The molecule has 0 heterocycles. The van der Waals surface area contributed by atoms with Crippen LogP contribution < -0.4 is 0 Å². The number of ether oxygens (including phenoxy) is 1. The first-order valence-electron chi connectivity index (χ1n) is 8.50. The van der Waals surface area contributed by atoms with Crippen molar-refractivity contribution in [2.45, 2.75) is 18.3 Å². The van der Waals surface area contributed by atoms with E-state index in [1.54, 1.807) is 24.3 Å². The van der Waals surface area contributed by atoms with Crippen molar-refractivity contribution in [2.75, 3.05) is 7.11 Å². The third-order valence-electron chi connectivity index (χ3n) is 4.99. The van der Waals surface area contributed by atoms with Crippen LogP contribution in [-0.2, 0) is 14.9 Å². The Labute approximate surface area is 151 Å². The highest BCUT2D eigenvalue weighted by Crippen LogP contribution is 2.46. The van der Waals surface area contributed by atoms with E-state index in [2.05, 4.69) is 0 Å². The van der Waals surface area contributed by atoms with Gasteiger partial charge in [-0.05, 0) is 41.8 Å². The number of allylic oxidation sites excluding steroid dienone is 4. The third-order valence-corrected chi connectivity index (χ3v) is 4.99. The lowest BCUT2D eigenvalue weighted by Crippen LogP contribution is -2.35.